The fourth-order valence-electron chi connectivity index (χ4n) is 0.822. The average molecular weight is 213 g/mol. The first kappa shape index (κ1) is 10.3. The highest BCUT2D eigenvalue weighted by molar-refractivity contribution is 6.31. The second-order valence-corrected chi connectivity index (χ2v) is 2.69. The molecule has 0 fully saturated rings. The molecular formula is C8H5ClN2O3. The summed E-state index contributed by atoms with van der Waals surface area (Å²) in [5, 5.41) is 10.3. The first-order chi connectivity index (χ1) is 6.65. The zero-order valence-corrected chi connectivity index (χ0v) is 7.64. The van der Waals surface area contributed by atoms with E-state index >= 15 is 0 Å². The monoisotopic (exact) mass is 212 g/mol. The van der Waals surface area contributed by atoms with Gasteiger partial charge in [0.15, 0.2) is 0 Å². The van der Waals surface area contributed by atoms with Crippen LogP contribution in [0, 0.1) is 10.1 Å². The van der Waals surface area contributed by atoms with Crippen molar-refractivity contribution in [1.82, 2.24) is 4.98 Å². The van der Waals surface area contributed by atoms with Crippen LogP contribution >= 0.6 is 11.6 Å². The molecule has 0 saturated carbocycles. The quantitative estimate of drug-likeness (QED) is 0.252. The molecule has 1 aromatic heterocycles. The zero-order valence-electron chi connectivity index (χ0n) is 6.88. The van der Waals surface area contributed by atoms with Crippen LogP contribution in [0.15, 0.2) is 18.3 Å². The number of hydrogen-bond donors (Lipinski definition) is 0. The maximum Gasteiger partial charge on any atom is 0.307 e. The van der Waals surface area contributed by atoms with Crippen LogP contribution in [0.2, 0.25) is 5.15 Å². The van der Waals surface area contributed by atoms with Gasteiger partial charge >= 0.3 is 5.69 Å². The Balaban J connectivity index is 3.12. The van der Waals surface area contributed by atoms with Crippen molar-refractivity contribution < 1.29 is 9.72 Å². The third-order valence-corrected chi connectivity index (χ3v) is 1.70. The van der Waals surface area contributed by atoms with Crippen molar-refractivity contribution in [2.75, 3.05) is 0 Å². The molecule has 0 amide bonds. The molecule has 1 heterocycles. The molecule has 0 aliphatic heterocycles. The van der Waals surface area contributed by atoms with E-state index < -0.39 is 4.92 Å². The van der Waals surface area contributed by atoms with Crippen molar-refractivity contribution in [3.8, 4) is 0 Å². The van der Waals surface area contributed by atoms with Crippen molar-refractivity contribution in [1.29, 1.82) is 0 Å². The molecule has 0 aliphatic carbocycles. The summed E-state index contributed by atoms with van der Waals surface area (Å²) in [4.78, 5) is 23.4. The second-order valence-electron chi connectivity index (χ2n) is 2.33. The van der Waals surface area contributed by atoms with Gasteiger partial charge in [0, 0.05) is 12.3 Å². The lowest BCUT2D eigenvalue weighted by Crippen LogP contribution is -1.91. The minimum atomic E-state index is -0.631. The number of aldehydes is 1. The van der Waals surface area contributed by atoms with Crippen molar-refractivity contribution in [3.05, 3.63) is 39.2 Å². The molecule has 14 heavy (non-hydrogen) atoms. The number of nitro groups is 1. The van der Waals surface area contributed by atoms with Crippen LogP contribution < -0.4 is 0 Å². The molecule has 0 radical (unpaired) electrons. The molecule has 0 aliphatic rings. The van der Waals surface area contributed by atoms with Crippen molar-refractivity contribution in [2.45, 2.75) is 0 Å². The molecular weight excluding hydrogens is 208 g/mol. The predicted octanol–water partition coefficient (Wildman–Crippen LogP) is 1.86. The number of carbonyl (C=O) groups is 1. The van der Waals surface area contributed by atoms with Gasteiger partial charge < -0.3 is 0 Å². The summed E-state index contributed by atoms with van der Waals surface area (Å²) < 4.78 is 0. The highest BCUT2D eigenvalue weighted by Gasteiger charge is 2.12. The lowest BCUT2D eigenvalue weighted by Gasteiger charge is -1.95. The molecule has 0 N–H and O–H groups in total. The average Bonchev–Trinajstić information content (AvgIpc) is 2.16. The molecule has 72 valence electrons. The summed E-state index contributed by atoms with van der Waals surface area (Å²) in [6.45, 7) is 0. The molecule has 6 heteroatoms. The van der Waals surface area contributed by atoms with Crippen LogP contribution in [-0.4, -0.2) is 16.2 Å². The Bertz CT molecular complexity index is 404. The highest BCUT2D eigenvalue weighted by Crippen LogP contribution is 2.22. The van der Waals surface area contributed by atoms with Gasteiger partial charge in [-0.05, 0) is 17.7 Å². The van der Waals surface area contributed by atoms with E-state index in [-0.39, 0.29) is 10.8 Å². The van der Waals surface area contributed by atoms with Crippen LogP contribution in [0.5, 0.6) is 0 Å². The summed E-state index contributed by atoms with van der Waals surface area (Å²) in [5.41, 5.74) is 0.174. The Hall–Kier alpha value is -1.75. The van der Waals surface area contributed by atoms with Crippen molar-refractivity contribution in [2.24, 2.45) is 0 Å². The van der Waals surface area contributed by atoms with Crippen LogP contribution in [0.1, 0.15) is 5.56 Å². The molecule has 5 nitrogen and oxygen atoms in total. The van der Waals surface area contributed by atoms with Gasteiger partial charge in [-0.2, -0.15) is 0 Å². The lowest BCUT2D eigenvalue weighted by molar-refractivity contribution is -0.385. The van der Waals surface area contributed by atoms with E-state index in [4.69, 9.17) is 11.6 Å². The fraction of sp³-hybridized carbons (Fsp3) is 0. The minimum absolute atomic E-state index is 0.168. The Labute approximate surface area is 84.2 Å². The Morgan fingerprint density at radius 2 is 2.29 bits per heavy atom. The SMILES string of the molecule is O=CC=Cc1cnc(Cl)c([N+](=O)[O-])c1. The molecule has 0 saturated heterocycles. The van der Waals surface area contributed by atoms with Gasteiger partial charge in [0.2, 0.25) is 5.15 Å². The van der Waals surface area contributed by atoms with Gasteiger partial charge in [0.25, 0.3) is 0 Å². The largest absolute Gasteiger partial charge is 0.307 e. The third kappa shape index (κ3) is 2.37. The minimum Gasteiger partial charge on any atom is -0.299 e. The summed E-state index contributed by atoms with van der Waals surface area (Å²) in [6, 6.07) is 1.25. The molecule has 0 atom stereocenters. The molecule has 0 spiro atoms. The van der Waals surface area contributed by atoms with Gasteiger partial charge in [0.1, 0.15) is 6.29 Å². The van der Waals surface area contributed by atoms with E-state index in [9.17, 15) is 14.9 Å². The topological polar surface area (TPSA) is 73.1 Å². The Morgan fingerprint density at radius 3 is 2.86 bits per heavy atom. The van der Waals surface area contributed by atoms with E-state index in [0.717, 1.165) is 0 Å². The second kappa shape index (κ2) is 4.48. The van der Waals surface area contributed by atoms with Gasteiger partial charge in [-0.1, -0.05) is 11.6 Å². The molecule has 1 rings (SSSR count). The van der Waals surface area contributed by atoms with Gasteiger partial charge in [-0.25, -0.2) is 4.98 Å². The van der Waals surface area contributed by atoms with E-state index in [1.807, 2.05) is 0 Å². The Kier molecular flexibility index (Phi) is 3.30. The van der Waals surface area contributed by atoms with Crippen LogP contribution in [0.25, 0.3) is 6.08 Å². The van der Waals surface area contributed by atoms with Crippen LogP contribution in [0.3, 0.4) is 0 Å². The summed E-state index contributed by atoms with van der Waals surface area (Å²) in [7, 11) is 0. The van der Waals surface area contributed by atoms with Crippen LogP contribution in [0.4, 0.5) is 5.69 Å². The van der Waals surface area contributed by atoms with E-state index in [2.05, 4.69) is 4.98 Å². The van der Waals surface area contributed by atoms with E-state index in [0.29, 0.717) is 11.8 Å². The number of pyridine rings is 1. The number of nitrogens with zero attached hydrogens (tertiary/aromatic N) is 2. The summed E-state index contributed by atoms with van der Waals surface area (Å²) in [6.07, 6.45) is 4.54. The normalized spacial score (nSPS) is 10.4. The number of aromatic nitrogens is 1. The first-order valence-electron chi connectivity index (χ1n) is 3.57. The van der Waals surface area contributed by atoms with Crippen LogP contribution in [-0.2, 0) is 4.79 Å². The molecule has 0 aromatic carbocycles. The lowest BCUT2D eigenvalue weighted by atomic mass is 10.2. The van der Waals surface area contributed by atoms with Gasteiger partial charge in [-0.3, -0.25) is 14.9 Å². The number of rotatable bonds is 3. The first-order valence-corrected chi connectivity index (χ1v) is 3.94. The summed E-state index contributed by atoms with van der Waals surface area (Å²) in [5.74, 6) is 0. The smallest absolute Gasteiger partial charge is 0.299 e. The van der Waals surface area contributed by atoms with Crippen molar-refractivity contribution >= 4 is 29.7 Å². The third-order valence-electron chi connectivity index (χ3n) is 1.41. The number of allylic oxidation sites excluding steroid dienone is 1. The van der Waals surface area contributed by atoms with Crippen molar-refractivity contribution in [3.63, 3.8) is 0 Å². The highest BCUT2D eigenvalue weighted by atomic mass is 35.5. The number of carbonyl (C=O) groups excluding carboxylic acids is 1. The van der Waals surface area contributed by atoms with E-state index in [1.54, 1.807) is 0 Å². The Morgan fingerprint density at radius 1 is 1.57 bits per heavy atom. The fourth-order valence-corrected chi connectivity index (χ4v) is 0.994. The molecule has 0 bridgehead atoms. The molecule has 0 unspecified atom stereocenters. The maximum atomic E-state index is 10.4. The van der Waals surface area contributed by atoms with Gasteiger partial charge in [-0.15, -0.1) is 0 Å². The predicted molar refractivity (Wildman–Crippen MR) is 51.0 cm³/mol. The van der Waals surface area contributed by atoms with E-state index in [1.165, 1.54) is 24.4 Å². The number of hydrogen-bond acceptors (Lipinski definition) is 4. The molecule has 1 aromatic rings. The number of halogens is 1. The maximum absolute atomic E-state index is 10.4. The zero-order chi connectivity index (χ0) is 10.6. The standard InChI is InChI=1S/C8H5ClN2O3/c9-8-7(11(13)14)4-6(5-10-8)2-1-3-12/h1-5H. The van der Waals surface area contributed by atoms with Gasteiger partial charge in [0.05, 0.1) is 4.92 Å². The summed E-state index contributed by atoms with van der Waals surface area (Å²) >= 11 is 5.48.